The molecule has 0 radical (unpaired) electrons. The summed E-state index contributed by atoms with van der Waals surface area (Å²) in [4.78, 5) is 4.61. The van der Waals surface area contributed by atoms with Crippen molar-refractivity contribution in [2.45, 2.75) is 0 Å². The predicted molar refractivity (Wildman–Crippen MR) is 60.9 cm³/mol. The Morgan fingerprint density at radius 3 is 1.94 bits per heavy atom. The van der Waals surface area contributed by atoms with Gasteiger partial charge in [0.25, 0.3) is 0 Å². The summed E-state index contributed by atoms with van der Waals surface area (Å²) in [7, 11) is -1.49. The minimum atomic E-state index is -4.67. The molecule has 0 saturated carbocycles. The van der Waals surface area contributed by atoms with E-state index in [0.717, 1.165) is 11.4 Å². The second-order valence-corrected chi connectivity index (χ2v) is 3.50. The summed E-state index contributed by atoms with van der Waals surface area (Å²) in [5.74, 6) is 0.831. The van der Waals surface area contributed by atoms with Crippen LogP contribution >= 0.6 is 0 Å². The van der Waals surface area contributed by atoms with Crippen LogP contribution in [0.2, 0.25) is 0 Å². The van der Waals surface area contributed by atoms with Crippen LogP contribution in [0.3, 0.4) is 0 Å². The minimum Gasteiger partial charge on any atom is -0.497 e. The molecule has 0 fully saturated rings. The van der Waals surface area contributed by atoms with Crippen LogP contribution < -0.4 is 15.8 Å². The molecule has 4 N–H and O–H groups in total. The molecule has 1 aromatic rings. The molecule has 0 atom stereocenters. The lowest BCUT2D eigenvalue weighted by atomic mass is 10.3. The second kappa shape index (κ2) is 7.81. The van der Waals surface area contributed by atoms with E-state index in [-0.39, 0.29) is 0 Å². The molecule has 0 aliphatic carbocycles. The van der Waals surface area contributed by atoms with Crippen LogP contribution in [-0.4, -0.2) is 31.7 Å². The van der Waals surface area contributed by atoms with Crippen molar-refractivity contribution in [3.63, 3.8) is 0 Å². The van der Waals surface area contributed by atoms with Crippen LogP contribution in [0, 0.1) is 0 Å². The number of methoxy groups -OCH3 is 1. The van der Waals surface area contributed by atoms with Crippen LogP contribution in [0.25, 0.3) is 0 Å². The first-order valence-corrected chi connectivity index (χ1v) is 5.64. The number of rotatable bonds is 4. The van der Waals surface area contributed by atoms with E-state index in [9.17, 15) is 0 Å². The Kier molecular flexibility index (Phi) is 7.18. The molecule has 0 bridgehead atoms. The van der Waals surface area contributed by atoms with E-state index in [0.29, 0.717) is 0 Å². The third-order valence-electron chi connectivity index (χ3n) is 1.39. The number of ether oxygens (including phenoxy) is 1. The predicted octanol–water partition coefficient (Wildman–Crippen LogP) is 0.520. The highest BCUT2D eigenvalue weighted by atomic mass is 32.3. The van der Waals surface area contributed by atoms with Crippen molar-refractivity contribution < 1.29 is 27.1 Å². The second-order valence-electron chi connectivity index (χ2n) is 2.61. The van der Waals surface area contributed by atoms with Gasteiger partial charge in [0.1, 0.15) is 5.75 Å². The van der Waals surface area contributed by atoms with Crippen LogP contribution in [-0.2, 0) is 15.2 Å². The van der Waals surface area contributed by atoms with Gasteiger partial charge in [0, 0.05) is 0 Å². The maximum Gasteiger partial charge on any atom is 0.394 e. The zero-order valence-electron chi connectivity index (χ0n) is 9.25. The van der Waals surface area contributed by atoms with Crippen LogP contribution in [0.1, 0.15) is 0 Å². The topological polar surface area (TPSA) is 117 Å². The molecule has 8 nitrogen and oxygen atoms in total. The first kappa shape index (κ1) is 15.6. The van der Waals surface area contributed by atoms with E-state index in [4.69, 9.17) is 22.3 Å². The average Bonchev–Trinajstić information content (AvgIpc) is 2.25. The zero-order valence-corrected chi connectivity index (χ0v) is 10.1. The lowest BCUT2D eigenvalue weighted by Gasteiger charge is -2.05. The van der Waals surface area contributed by atoms with Gasteiger partial charge >= 0.3 is 10.4 Å². The third kappa shape index (κ3) is 10.9. The first-order chi connectivity index (χ1) is 7.86. The quantitative estimate of drug-likeness (QED) is 0.460. The highest BCUT2D eigenvalue weighted by Gasteiger charge is 1.91. The van der Waals surface area contributed by atoms with E-state index >= 15 is 0 Å². The molecule has 0 amide bonds. The van der Waals surface area contributed by atoms with Crippen molar-refractivity contribution in [1.29, 1.82) is 0 Å². The molecule has 9 heteroatoms. The highest BCUT2D eigenvalue weighted by Crippen LogP contribution is 2.13. The van der Waals surface area contributed by atoms with E-state index in [2.05, 4.69) is 15.9 Å². The summed E-state index contributed by atoms with van der Waals surface area (Å²) in [5, 5.41) is 0. The number of anilines is 1. The molecule has 0 aliphatic heterocycles. The van der Waals surface area contributed by atoms with Gasteiger partial charge in [-0.15, -0.1) is 5.59 Å². The molecule has 1 aromatic carbocycles. The molecule has 1 rings (SSSR count). The average molecular weight is 266 g/mol. The monoisotopic (exact) mass is 266 g/mol. The van der Waals surface area contributed by atoms with Crippen LogP contribution in [0.15, 0.2) is 24.3 Å². The van der Waals surface area contributed by atoms with E-state index < -0.39 is 10.4 Å². The Morgan fingerprint density at radius 1 is 1.12 bits per heavy atom. The molecule has 17 heavy (non-hydrogen) atoms. The Balaban J connectivity index is 0.000000437. The molecule has 0 aliphatic rings. The van der Waals surface area contributed by atoms with Gasteiger partial charge in [-0.1, -0.05) is 0 Å². The van der Waals surface area contributed by atoms with Crippen molar-refractivity contribution in [1.82, 2.24) is 5.59 Å². The van der Waals surface area contributed by atoms with E-state index in [1.54, 1.807) is 7.11 Å². The Morgan fingerprint density at radius 2 is 1.59 bits per heavy atom. The smallest absolute Gasteiger partial charge is 0.394 e. The van der Waals surface area contributed by atoms with Gasteiger partial charge in [0.15, 0.2) is 0 Å². The number of hydrazine groups is 1. The molecular weight excluding hydrogens is 252 g/mol. The van der Waals surface area contributed by atoms with Gasteiger partial charge in [-0.25, -0.2) is 0 Å². The lowest BCUT2D eigenvalue weighted by Crippen LogP contribution is -2.19. The Bertz CT molecular complexity index is 397. The lowest BCUT2D eigenvalue weighted by molar-refractivity contribution is 0.111. The van der Waals surface area contributed by atoms with Crippen molar-refractivity contribution in [2.24, 2.45) is 0 Å². The first-order valence-electron chi connectivity index (χ1n) is 4.24. The van der Waals surface area contributed by atoms with Gasteiger partial charge < -0.3 is 4.74 Å². The standard InChI is InChI=1S/C8H12N2O2.H2O4S/c1-11-8-5-3-7(4-6-8)9-10-12-2;1-5(2,3)4/h3-6,9-10H,1-2H3;(H2,1,2,3,4). The summed E-state index contributed by atoms with van der Waals surface area (Å²) < 4.78 is 36.6. The summed E-state index contributed by atoms with van der Waals surface area (Å²) >= 11 is 0. The molecule has 0 saturated heterocycles. The fraction of sp³-hybridized carbons (Fsp3) is 0.250. The summed E-state index contributed by atoms with van der Waals surface area (Å²) in [6, 6.07) is 7.48. The van der Waals surface area contributed by atoms with Gasteiger partial charge in [-0.05, 0) is 24.3 Å². The fourth-order valence-electron chi connectivity index (χ4n) is 0.784. The Hall–Kier alpha value is -1.39. The van der Waals surface area contributed by atoms with E-state index in [1.807, 2.05) is 24.3 Å². The highest BCUT2D eigenvalue weighted by molar-refractivity contribution is 7.79. The molecule has 98 valence electrons. The van der Waals surface area contributed by atoms with Gasteiger partial charge in [-0.3, -0.25) is 19.4 Å². The molecule has 0 spiro atoms. The minimum absolute atomic E-state index is 0.831. The number of nitrogens with one attached hydrogen (secondary N) is 2. The van der Waals surface area contributed by atoms with Gasteiger partial charge in [-0.2, -0.15) is 8.42 Å². The number of hydrogen-bond acceptors (Lipinski definition) is 6. The molecule has 0 unspecified atom stereocenters. The number of benzene rings is 1. The van der Waals surface area contributed by atoms with Crippen LogP contribution in [0.5, 0.6) is 5.75 Å². The summed E-state index contributed by atoms with van der Waals surface area (Å²) in [5.41, 5.74) is 6.24. The number of hydrogen-bond donors (Lipinski definition) is 4. The maximum absolute atomic E-state index is 8.74. The Labute approximate surface area is 99.0 Å². The maximum atomic E-state index is 8.74. The fourth-order valence-corrected chi connectivity index (χ4v) is 0.784. The van der Waals surface area contributed by atoms with Crippen molar-refractivity contribution in [3.8, 4) is 5.75 Å². The van der Waals surface area contributed by atoms with Crippen molar-refractivity contribution in [2.75, 3.05) is 19.6 Å². The molecule has 0 aromatic heterocycles. The van der Waals surface area contributed by atoms with Crippen LogP contribution in [0.4, 0.5) is 5.69 Å². The third-order valence-corrected chi connectivity index (χ3v) is 1.39. The molecular formula is C8H14N2O6S. The SMILES string of the molecule is CONNc1ccc(OC)cc1.O=S(=O)(O)O. The zero-order chi connectivity index (χ0) is 13.3. The largest absolute Gasteiger partial charge is 0.497 e. The normalized spacial score (nSPS) is 10.1. The van der Waals surface area contributed by atoms with Gasteiger partial charge in [0.05, 0.1) is 19.9 Å². The van der Waals surface area contributed by atoms with Crippen molar-refractivity contribution >= 4 is 16.1 Å². The van der Waals surface area contributed by atoms with Crippen molar-refractivity contribution in [3.05, 3.63) is 24.3 Å². The summed E-state index contributed by atoms with van der Waals surface area (Å²) in [6.07, 6.45) is 0. The van der Waals surface area contributed by atoms with Gasteiger partial charge in [0.2, 0.25) is 0 Å². The van der Waals surface area contributed by atoms with E-state index in [1.165, 1.54) is 7.11 Å². The summed E-state index contributed by atoms with van der Waals surface area (Å²) in [6.45, 7) is 0. The molecule has 0 heterocycles.